The molecule has 146 valence electrons. The van der Waals surface area contributed by atoms with E-state index in [9.17, 15) is 20.6 Å². The van der Waals surface area contributed by atoms with Crippen molar-refractivity contribution in [1.29, 1.82) is 21.2 Å². The Bertz CT molecular complexity index is 976. The predicted octanol–water partition coefficient (Wildman–Crippen LogP) is 1.22. The van der Waals surface area contributed by atoms with Gasteiger partial charge in [-0.15, -0.1) is 0 Å². The van der Waals surface area contributed by atoms with Gasteiger partial charge in [0.2, 0.25) is 5.41 Å². The number of hydrogen-bond donors (Lipinski definition) is 2. The Morgan fingerprint density at radius 3 is 2.45 bits per heavy atom. The Labute approximate surface area is 169 Å². The summed E-state index contributed by atoms with van der Waals surface area (Å²) in [4.78, 5) is 13.0. The maximum Gasteiger partial charge on any atom is 0.337 e. The molecule has 0 radical (unpaired) electrons. The number of benzene rings is 1. The van der Waals surface area contributed by atoms with Crippen LogP contribution in [0.25, 0.3) is 0 Å². The number of nitriles is 3. The average molecular weight is 388 g/mol. The van der Waals surface area contributed by atoms with Crippen LogP contribution in [0.5, 0.6) is 0 Å². The average Bonchev–Trinajstić information content (AvgIpc) is 2.78. The fourth-order valence-electron chi connectivity index (χ4n) is 4.55. The highest BCUT2D eigenvalue weighted by Gasteiger charge is 2.57. The van der Waals surface area contributed by atoms with Gasteiger partial charge >= 0.3 is 5.97 Å². The van der Waals surface area contributed by atoms with Crippen molar-refractivity contribution >= 4 is 11.7 Å². The van der Waals surface area contributed by atoms with Crippen LogP contribution in [0, 0.1) is 56.7 Å². The third-order valence-corrected chi connectivity index (χ3v) is 6.15. The first kappa shape index (κ1) is 20.3. The summed E-state index contributed by atoms with van der Waals surface area (Å²) < 4.78 is 4.74. The normalized spacial score (nSPS) is 27.4. The van der Waals surface area contributed by atoms with E-state index in [2.05, 4.69) is 13.0 Å². The van der Waals surface area contributed by atoms with Crippen molar-refractivity contribution < 1.29 is 14.4 Å². The molecule has 4 atom stereocenters. The Balaban J connectivity index is 2.15. The Kier molecular flexibility index (Phi) is 5.50. The van der Waals surface area contributed by atoms with Gasteiger partial charge in [-0.1, -0.05) is 12.1 Å². The Morgan fingerprint density at radius 1 is 1.28 bits per heavy atom. The maximum absolute atomic E-state index is 11.8. The SMILES string of the molecule is CC[NH+]1CC=C2[C@@H](C1)[C@H](c1ccc(C(=O)OC)cc1)[C@H](C#N)C(=N)C2(C#N)C#N. The molecule has 0 spiro atoms. The molecule has 29 heavy (non-hydrogen) atoms. The zero-order valence-electron chi connectivity index (χ0n) is 16.4. The molecule has 1 aliphatic carbocycles. The van der Waals surface area contributed by atoms with E-state index in [1.807, 2.05) is 18.2 Å². The quantitative estimate of drug-likeness (QED) is 0.595. The Morgan fingerprint density at radius 2 is 1.93 bits per heavy atom. The van der Waals surface area contributed by atoms with Crippen LogP contribution in [0.2, 0.25) is 0 Å². The van der Waals surface area contributed by atoms with Crippen LogP contribution in [0.1, 0.15) is 28.8 Å². The van der Waals surface area contributed by atoms with Crippen LogP contribution in [-0.4, -0.2) is 38.4 Å². The summed E-state index contributed by atoms with van der Waals surface area (Å²) in [5.41, 5.74) is 0.00552. The van der Waals surface area contributed by atoms with Crippen molar-refractivity contribution in [2.45, 2.75) is 12.8 Å². The van der Waals surface area contributed by atoms with Gasteiger partial charge in [0, 0.05) is 11.8 Å². The monoisotopic (exact) mass is 388 g/mol. The van der Waals surface area contributed by atoms with Crippen molar-refractivity contribution in [2.24, 2.45) is 17.3 Å². The van der Waals surface area contributed by atoms with E-state index < -0.39 is 17.3 Å². The third-order valence-electron chi connectivity index (χ3n) is 6.15. The fourth-order valence-corrected chi connectivity index (χ4v) is 4.55. The first-order valence-electron chi connectivity index (χ1n) is 9.50. The molecule has 1 heterocycles. The number of hydrogen-bond acceptors (Lipinski definition) is 6. The van der Waals surface area contributed by atoms with Gasteiger partial charge < -0.3 is 15.0 Å². The van der Waals surface area contributed by atoms with Crippen LogP contribution in [0.15, 0.2) is 35.9 Å². The molecular weight excluding hydrogens is 366 g/mol. The molecule has 0 bridgehead atoms. The van der Waals surface area contributed by atoms with Gasteiger partial charge in [-0.2, -0.15) is 15.8 Å². The summed E-state index contributed by atoms with van der Waals surface area (Å²) in [5.74, 6) is -1.91. The number of nitrogens with zero attached hydrogens (tertiary/aromatic N) is 3. The molecule has 7 nitrogen and oxygen atoms in total. The number of carbonyl (C=O) groups excluding carboxylic acids is 1. The zero-order valence-corrected chi connectivity index (χ0v) is 16.4. The van der Waals surface area contributed by atoms with Crippen molar-refractivity contribution in [3.05, 3.63) is 47.0 Å². The molecule has 0 aromatic heterocycles. The van der Waals surface area contributed by atoms with Crippen LogP contribution in [0.4, 0.5) is 0 Å². The number of methoxy groups -OCH3 is 1. The number of rotatable bonds is 3. The molecule has 0 amide bonds. The lowest BCUT2D eigenvalue weighted by Gasteiger charge is -2.45. The summed E-state index contributed by atoms with van der Waals surface area (Å²) in [7, 11) is 1.31. The van der Waals surface area contributed by atoms with E-state index in [1.54, 1.807) is 24.3 Å². The van der Waals surface area contributed by atoms with Crippen LogP contribution in [-0.2, 0) is 4.74 Å². The first-order valence-corrected chi connectivity index (χ1v) is 9.50. The van der Waals surface area contributed by atoms with Gasteiger partial charge in [0.05, 0.1) is 62.1 Å². The number of esters is 1. The van der Waals surface area contributed by atoms with E-state index in [0.717, 1.165) is 12.1 Å². The number of carbonyl (C=O) groups is 1. The lowest BCUT2D eigenvalue weighted by Crippen LogP contribution is -3.13. The molecule has 7 heteroatoms. The van der Waals surface area contributed by atoms with Crippen LogP contribution in [0.3, 0.4) is 0 Å². The summed E-state index contributed by atoms with van der Waals surface area (Å²) in [6, 6.07) is 13.1. The summed E-state index contributed by atoms with van der Waals surface area (Å²) in [6.07, 6.45) is 1.91. The second kappa shape index (κ2) is 7.87. The molecule has 1 saturated carbocycles. The van der Waals surface area contributed by atoms with E-state index in [4.69, 9.17) is 10.1 Å². The van der Waals surface area contributed by atoms with Gasteiger partial charge in [-0.25, -0.2) is 4.79 Å². The summed E-state index contributed by atoms with van der Waals surface area (Å²) in [5, 5.41) is 38.2. The fraction of sp³-hybridized carbons (Fsp3) is 0.409. The van der Waals surface area contributed by atoms with Crippen LogP contribution >= 0.6 is 0 Å². The van der Waals surface area contributed by atoms with E-state index in [1.165, 1.54) is 12.0 Å². The van der Waals surface area contributed by atoms with Crippen LogP contribution < -0.4 is 4.90 Å². The lowest BCUT2D eigenvalue weighted by atomic mass is 9.55. The largest absolute Gasteiger partial charge is 0.465 e. The second-order valence-electron chi connectivity index (χ2n) is 7.41. The Hall–Kier alpha value is -3.47. The highest BCUT2D eigenvalue weighted by atomic mass is 16.5. The standard InChI is InChI=1S/C22H21N5O2/c1-3-27-9-8-18-17(11-27)19(14-4-6-15(7-5-14)21(28)29-2)16(10-23)20(26)22(18,12-24)13-25/h4-8,16-17,19,26H,3,9,11H2,1-2H3/p+1/t16-,17+,19+/m0/s1. The number of quaternary nitrogens is 1. The van der Waals surface area contributed by atoms with Crippen molar-refractivity contribution in [3.63, 3.8) is 0 Å². The number of fused-ring (bicyclic) bond motifs is 1. The van der Waals surface area contributed by atoms with E-state index >= 15 is 0 Å². The molecule has 2 N–H and O–H groups in total. The van der Waals surface area contributed by atoms with Crippen molar-refractivity contribution in [2.75, 3.05) is 26.7 Å². The zero-order chi connectivity index (χ0) is 21.2. The third kappa shape index (κ3) is 3.09. The molecule has 2 aliphatic rings. The van der Waals surface area contributed by atoms with E-state index in [-0.39, 0.29) is 17.5 Å². The van der Waals surface area contributed by atoms with Gasteiger partial charge in [0.15, 0.2) is 0 Å². The predicted molar refractivity (Wildman–Crippen MR) is 104 cm³/mol. The minimum Gasteiger partial charge on any atom is -0.465 e. The van der Waals surface area contributed by atoms with Gasteiger partial charge in [0.1, 0.15) is 0 Å². The minimum atomic E-state index is -1.69. The van der Waals surface area contributed by atoms with Gasteiger partial charge in [-0.05, 0) is 36.3 Å². The number of nitrogens with one attached hydrogen (secondary N) is 2. The smallest absolute Gasteiger partial charge is 0.337 e. The second-order valence-corrected chi connectivity index (χ2v) is 7.41. The summed E-state index contributed by atoms with van der Waals surface area (Å²) >= 11 is 0. The van der Waals surface area contributed by atoms with Crippen molar-refractivity contribution in [1.82, 2.24) is 0 Å². The highest BCUT2D eigenvalue weighted by Crippen LogP contribution is 2.51. The highest BCUT2D eigenvalue weighted by molar-refractivity contribution is 6.01. The maximum atomic E-state index is 11.8. The van der Waals surface area contributed by atoms with Crippen molar-refractivity contribution in [3.8, 4) is 18.2 Å². The lowest BCUT2D eigenvalue weighted by molar-refractivity contribution is -0.897. The molecular formula is C22H22N5O2+. The minimum absolute atomic E-state index is 0.158. The van der Waals surface area contributed by atoms with Gasteiger partial charge in [-0.3, -0.25) is 0 Å². The van der Waals surface area contributed by atoms with Gasteiger partial charge in [0.25, 0.3) is 0 Å². The molecule has 0 saturated heterocycles. The first-order chi connectivity index (χ1) is 14.0. The van der Waals surface area contributed by atoms with E-state index in [0.29, 0.717) is 24.2 Å². The molecule has 1 aromatic rings. The molecule has 1 aliphatic heterocycles. The molecule has 1 fully saturated rings. The number of likely N-dealkylation sites (N-methyl/N-ethyl adjacent to an activating group) is 1. The molecule has 1 unspecified atom stereocenters. The topological polar surface area (TPSA) is 126 Å². The summed E-state index contributed by atoms with van der Waals surface area (Å²) in [6.45, 7) is 4.33. The number of ether oxygens (including phenoxy) is 1. The molecule has 3 rings (SSSR count). The molecule has 1 aromatic carbocycles.